The topological polar surface area (TPSA) is 67.2 Å². The molecule has 2 aromatic carbocycles. The maximum atomic E-state index is 14.1. The Kier molecular flexibility index (Phi) is 8.15. The zero-order chi connectivity index (χ0) is 26.6. The molecular formula is C32H42N4O2. The molecule has 1 aromatic heterocycles. The minimum atomic E-state index is -0.346. The van der Waals surface area contributed by atoms with Crippen molar-refractivity contribution < 1.29 is 9.59 Å². The number of rotatable bonds is 7. The Morgan fingerprint density at radius 1 is 0.947 bits per heavy atom. The summed E-state index contributed by atoms with van der Waals surface area (Å²) in [5.74, 6) is 0.803. The average Bonchev–Trinajstić information content (AvgIpc) is 3.28. The summed E-state index contributed by atoms with van der Waals surface area (Å²) in [5, 5.41) is 3.16. The molecule has 1 heterocycles. The molecule has 1 N–H and O–H groups in total. The number of fused-ring (bicyclic) bond motifs is 1. The van der Waals surface area contributed by atoms with Gasteiger partial charge in [-0.15, -0.1) is 0 Å². The molecule has 2 saturated carbocycles. The third kappa shape index (κ3) is 5.64. The number of aryl methyl sites for hydroxylation is 2. The Bertz CT molecular complexity index is 1270. The number of carbonyl (C=O) groups is 2. The average molecular weight is 515 g/mol. The van der Waals surface area contributed by atoms with Crippen LogP contribution in [0.1, 0.15) is 104 Å². The number of para-hydroxylation sites is 2. The van der Waals surface area contributed by atoms with Gasteiger partial charge in [0.15, 0.2) is 0 Å². The highest BCUT2D eigenvalue weighted by Crippen LogP contribution is 2.31. The van der Waals surface area contributed by atoms with Crippen molar-refractivity contribution in [2.24, 2.45) is 0 Å². The van der Waals surface area contributed by atoms with Gasteiger partial charge in [0, 0.05) is 17.6 Å². The second-order valence-corrected chi connectivity index (χ2v) is 11.4. The van der Waals surface area contributed by atoms with Gasteiger partial charge in [0.05, 0.1) is 17.1 Å². The molecule has 1 atom stereocenters. The van der Waals surface area contributed by atoms with E-state index < -0.39 is 0 Å². The van der Waals surface area contributed by atoms with E-state index in [9.17, 15) is 9.59 Å². The number of nitrogens with one attached hydrogen (secondary N) is 1. The van der Waals surface area contributed by atoms with Crippen LogP contribution in [0.4, 0.5) is 0 Å². The van der Waals surface area contributed by atoms with E-state index in [0.29, 0.717) is 17.6 Å². The van der Waals surface area contributed by atoms with Gasteiger partial charge in [-0.1, -0.05) is 68.4 Å². The monoisotopic (exact) mass is 514 g/mol. The van der Waals surface area contributed by atoms with E-state index in [0.717, 1.165) is 53.7 Å². The number of carbonyl (C=O) groups excluding carboxylic acids is 2. The van der Waals surface area contributed by atoms with Crippen LogP contribution in [0.3, 0.4) is 0 Å². The van der Waals surface area contributed by atoms with Gasteiger partial charge in [0.1, 0.15) is 12.4 Å². The third-order valence-electron chi connectivity index (χ3n) is 8.56. The maximum Gasteiger partial charge on any atom is 0.252 e. The Labute approximate surface area is 226 Å². The molecule has 0 aliphatic heterocycles. The van der Waals surface area contributed by atoms with E-state index in [1.54, 1.807) is 0 Å². The molecule has 0 spiro atoms. The minimum Gasteiger partial charge on any atom is -0.342 e. The zero-order valence-electron chi connectivity index (χ0n) is 23.2. The standard InChI is InChI=1S/C32H42N4O2/c1-22-18-19-27(23(2)20-22)32(38)33-24(3)31-34-28-16-10-11-17-29(28)35(31)21-30(37)36(25-12-6-4-7-13-25)26-14-8-5-9-15-26/h10-11,16-20,24-26H,4-9,12-15,21H2,1-3H3,(H,33,38). The van der Waals surface area contributed by atoms with Gasteiger partial charge < -0.3 is 14.8 Å². The van der Waals surface area contributed by atoms with Crippen LogP contribution in [0, 0.1) is 13.8 Å². The SMILES string of the molecule is Cc1ccc(C(=O)NC(C)c2nc3ccccc3n2CC(=O)N(C2CCCCC2)C2CCCCC2)c(C)c1. The van der Waals surface area contributed by atoms with Crippen molar-refractivity contribution in [1.29, 1.82) is 0 Å². The Morgan fingerprint density at radius 2 is 1.58 bits per heavy atom. The Hall–Kier alpha value is -3.15. The van der Waals surface area contributed by atoms with Crippen molar-refractivity contribution >= 4 is 22.8 Å². The number of amides is 2. The van der Waals surface area contributed by atoms with Gasteiger partial charge in [-0.3, -0.25) is 9.59 Å². The first-order chi connectivity index (χ1) is 18.4. The molecule has 38 heavy (non-hydrogen) atoms. The molecular weight excluding hydrogens is 472 g/mol. The first kappa shape index (κ1) is 26.5. The number of benzene rings is 2. The summed E-state index contributed by atoms with van der Waals surface area (Å²) < 4.78 is 2.04. The van der Waals surface area contributed by atoms with E-state index in [2.05, 4.69) is 10.2 Å². The van der Waals surface area contributed by atoms with Gasteiger partial charge in [-0.25, -0.2) is 4.98 Å². The number of hydrogen-bond donors (Lipinski definition) is 1. The smallest absolute Gasteiger partial charge is 0.252 e. The quantitative estimate of drug-likeness (QED) is 0.384. The molecule has 0 radical (unpaired) electrons. The molecule has 2 aliphatic carbocycles. The fourth-order valence-electron chi connectivity index (χ4n) is 6.64. The van der Waals surface area contributed by atoms with Crippen LogP contribution >= 0.6 is 0 Å². The minimum absolute atomic E-state index is 0.119. The highest BCUT2D eigenvalue weighted by atomic mass is 16.2. The normalized spacial score (nSPS) is 17.9. The van der Waals surface area contributed by atoms with E-state index >= 15 is 0 Å². The maximum absolute atomic E-state index is 14.1. The van der Waals surface area contributed by atoms with Gasteiger partial charge >= 0.3 is 0 Å². The molecule has 2 aliphatic rings. The van der Waals surface area contributed by atoms with E-state index in [-0.39, 0.29) is 24.4 Å². The molecule has 3 aromatic rings. The van der Waals surface area contributed by atoms with Crippen molar-refractivity contribution in [3.63, 3.8) is 0 Å². The Balaban J connectivity index is 1.43. The predicted molar refractivity (Wildman–Crippen MR) is 152 cm³/mol. The second kappa shape index (κ2) is 11.7. The summed E-state index contributed by atoms with van der Waals surface area (Å²) in [6.45, 7) is 6.21. The van der Waals surface area contributed by atoms with Crippen molar-refractivity contribution in [1.82, 2.24) is 19.8 Å². The van der Waals surface area contributed by atoms with Gasteiger partial charge in [-0.2, -0.15) is 0 Å². The molecule has 6 nitrogen and oxygen atoms in total. The summed E-state index contributed by atoms with van der Waals surface area (Å²) in [6.07, 6.45) is 11.8. The lowest BCUT2D eigenvalue weighted by molar-refractivity contribution is -0.138. The predicted octanol–water partition coefficient (Wildman–Crippen LogP) is 6.64. The van der Waals surface area contributed by atoms with Crippen LogP contribution < -0.4 is 5.32 Å². The highest BCUT2D eigenvalue weighted by Gasteiger charge is 2.33. The van der Waals surface area contributed by atoms with Crippen molar-refractivity contribution in [2.45, 2.75) is 110 Å². The van der Waals surface area contributed by atoms with Crippen LogP contribution in [-0.2, 0) is 11.3 Å². The number of nitrogens with zero attached hydrogens (tertiary/aromatic N) is 3. The third-order valence-corrected chi connectivity index (χ3v) is 8.56. The summed E-state index contributed by atoms with van der Waals surface area (Å²) in [5.41, 5.74) is 4.55. The van der Waals surface area contributed by atoms with Crippen LogP contribution in [0.5, 0.6) is 0 Å². The fourth-order valence-corrected chi connectivity index (χ4v) is 6.64. The molecule has 5 rings (SSSR count). The second-order valence-electron chi connectivity index (χ2n) is 11.4. The Morgan fingerprint density at radius 3 is 2.21 bits per heavy atom. The molecule has 1 unspecified atom stereocenters. The van der Waals surface area contributed by atoms with E-state index in [4.69, 9.17) is 4.98 Å². The molecule has 2 fully saturated rings. The van der Waals surface area contributed by atoms with Crippen molar-refractivity contribution in [2.75, 3.05) is 0 Å². The molecule has 0 saturated heterocycles. The number of hydrogen-bond acceptors (Lipinski definition) is 3. The number of aromatic nitrogens is 2. The first-order valence-electron chi connectivity index (χ1n) is 14.6. The summed E-state index contributed by atoms with van der Waals surface area (Å²) in [4.78, 5) is 34.5. The summed E-state index contributed by atoms with van der Waals surface area (Å²) in [7, 11) is 0. The van der Waals surface area contributed by atoms with Gasteiger partial charge in [-0.05, 0) is 70.2 Å². The zero-order valence-corrected chi connectivity index (χ0v) is 23.2. The molecule has 6 heteroatoms. The first-order valence-corrected chi connectivity index (χ1v) is 14.6. The molecule has 0 bridgehead atoms. The lowest BCUT2D eigenvalue weighted by atomic mass is 9.88. The lowest BCUT2D eigenvalue weighted by Crippen LogP contribution is -2.50. The van der Waals surface area contributed by atoms with Gasteiger partial charge in [0.2, 0.25) is 5.91 Å². The molecule has 2 amide bonds. The summed E-state index contributed by atoms with van der Waals surface area (Å²) >= 11 is 0. The van der Waals surface area contributed by atoms with E-state index in [1.165, 1.54) is 38.5 Å². The van der Waals surface area contributed by atoms with Crippen LogP contribution in [0.15, 0.2) is 42.5 Å². The lowest BCUT2D eigenvalue weighted by Gasteiger charge is -2.42. The number of imidazole rings is 1. The van der Waals surface area contributed by atoms with Crippen molar-refractivity contribution in [3.05, 3.63) is 65.0 Å². The largest absolute Gasteiger partial charge is 0.342 e. The van der Waals surface area contributed by atoms with Crippen LogP contribution in [0.25, 0.3) is 11.0 Å². The molecule has 202 valence electrons. The highest BCUT2D eigenvalue weighted by molar-refractivity contribution is 5.96. The fraction of sp³-hybridized carbons (Fsp3) is 0.531. The van der Waals surface area contributed by atoms with Crippen LogP contribution in [0.2, 0.25) is 0 Å². The van der Waals surface area contributed by atoms with Crippen molar-refractivity contribution in [3.8, 4) is 0 Å². The summed E-state index contributed by atoms with van der Waals surface area (Å²) in [6, 6.07) is 14.2. The van der Waals surface area contributed by atoms with E-state index in [1.807, 2.05) is 67.8 Å². The van der Waals surface area contributed by atoms with Crippen LogP contribution in [-0.4, -0.2) is 38.3 Å². The van der Waals surface area contributed by atoms with Gasteiger partial charge in [0.25, 0.3) is 5.91 Å².